The van der Waals surface area contributed by atoms with E-state index >= 15 is 0 Å². The van der Waals surface area contributed by atoms with Gasteiger partial charge in [0.25, 0.3) is 0 Å². The van der Waals surface area contributed by atoms with Crippen LogP contribution in [0.25, 0.3) is 0 Å². The number of hydrogen-bond donors (Lipinski definition) is 2. The summed E-state index contributed by atoms with van der Waals surface area (Å²) in [4.78, 5) is 11.8. The number of aliphatic hydroxyl groups is 1. The number of carbonyl (C=O) groups excluding carboxylic acids is 1. The average Bonchev–Trinajstić information content (AvgIpc) is 2.90. The van der Waals surface area contributed by atoms with Gasteiger partial charge in [-0.15, -0.1) is 0 Å². The summed E-state index contributed by atoms with van der Waals surface area (Å²) in [5, 5.41) is 12.3. The van der Waals surface area contributed by atoms with Crippen LogP contribution in [-0.2, 0) is 4.79 Å². The Kier molecular flexibility index (Phi) is 4.97. The highest BCUT2D eigenvalue weighted by atomic mass is 16.3. The van der Waals surface area contributed by atoms with Crippen molar-refractivity contribution in [3.05, 3.63) is 29.8 Å². The third kappa shape index (κ3) is 4.35. The van der Waals surface area contributed by atoms with Crippen LogP contribution < -0.4 is 5.32 Å². The van der Waals surface area contributed by atoms with Crippen LogP contribution in [0.3, 0.4) is 0 Å². The van der Waals surface area contributed by atoms with Gasteiger partial charge in [-0.2, -0.15) is 0 Å². The van der Waals surface area contributed by atoms with Crippen molar-refractivity contribution in [3.8, 4) is 0 Å². The molecule has 0 radical (unpaired) electrons. The zero-order chi connectivity index (χ0) is 13.7. The van der Waals surface area contributed by atoms with Crippen molar-refractivity contribution in [2.24, 2.45) is 5.92 Å². The van der Waals surface area contributed by atoms with E-state index in [2.05, 4.69) is 5.32 Å². The molecule has 1 aliphatic carbocycles. The third-order valence-electron chi connectivity index (χ3n) is 3.93. The minimum Gasteiger partial charge on any atom is -0.389 e. The maximum Gasteiger partial charge on any atom is 0.224 e. The molecular weight excluding hydrogens is 238 g/mol. The lowest BCUT2D eigenvalue weighted by molar-refractivity contribution is -0.116. The maximum atomic E-state index is 11.8. The van der Waals surface area contributed by atoms with E-state index in [1.165, 1.54) is 25.7 Å². The summed E-state index contributed by atoms with van der Waals surface area (Å²) >= 11 is 0. The molecule has 19 heavy (non-hydrogen) atoms. The largest absolute Gasteiger partial charge is 0.389 e. The SMILES string of the molecule is CC(O)c1ccc(NC(=O)CCC2CCCC2)cc1. The molecule has 0 bridgehead atoms. The van der Waals surface area contributed by atoms with E-state index < -0.39 is 6.10 Å². The summed E-state index contributed by atoms with van der Waals surface area (Å²) in [7, 11) is 0. The second-order valence-electron chi connectivity index (χ2n) is 5.54. The second kappa shape index (κ2) is 6.71. The van der Waals surface area contributed by atoms with Crippen molar-refractivity contribution in [2.45, 2.75) is 51.6 Å². The van der Waals surface area contributed by atoms with E-state index in [0.29, 0.717) is 6.42 Å². The zero-order valence-electron chi connectivity index (χ0n) is 11.6. The van der Waals surface area contributed by atoms with Crippen LogP contribution >= 0.6 is 0 Å². The molecule has 3 heteroatoms. The first-order valence-corrected chi connectivity index (χ1v) is 7.23. The van der Waals surface area contributed by atoms with Gasteiger partial charge in [0.2, 0.25) is 5.91 Å². The Morgan fingerprint density at radius 2 is 1.95 bits per heavy atom. The second-order valence-corrected chi connectivity index (χ2v) is 5.54. The van der Waals surface area contributed by atoms with Crippen LogP contribution in [-0.4, -0.2) is 11.0 Å². The zero-order valence-corrected chi connectivity index (χ0v) is 11.6. The van der Waals surface area contributed by atoms with E-state index in [1.54, 1.807) is 6.92 Å². The molecule has 1 atom stereocenters. The van der Waals surface area contributed by atoms with Gasteiger partial charge in [-0.3, -0.25) is 4.79 Å². The van der Waals surface area contributed by atoms with Crippen LogP contribution in [0, 0.1) is 5.92 Å². The lowest BCUT2D eigenvalue weighted by Gasteiger charge is -2.10. The van der Waals surface area contributed by atoms with Gasteiger partial charge in [0, 0.05) is 12.1 Å². The molecule has 1 saturated carbocycles. The average molecular weight is 261 g/mol. The lowest BCUT2D eigenvalue weighted by atomic mass is 10.0. The summed E-state index contributed by atoms with van der Waals surface area (Å²) in [6.45, 7) is 1.73. The van der Waals surface area contributed by atoms with Gasteiger partial charge in [-0.05, 0) is 37.0 Å². The van der Waals surface area contributed by atoms with Gasteiger partial charge >= 0.3 is 0 Å². The number of anilines is 1. The monoisotopic (exact) mass is 261 g/mol. The molecule has 1 aromatic rings. The Bertz CT molecular complexity index is 405. The predicted molar refractivity (Wildman–Crippen MR) is 76.9 cm³/mol. The van der Waals surface area contributed by atoms with Gasteiger partial charge in [0.15, 0.2) is 0 Å². The molecule has 1 unspecified atom stereocenters. The summed E-state index contributed by atoms with van der Waals surface area (Å²) < 4.78 is 0. The highest BCUT2D eigenvalue weighted by molar-refractivity contribution is 5.90. The number of carbonyl (C=O) groups is 1. The van der Waals surface area contributed by atoms with Gasteiger partial charge in [-0.1, -0.05) is 37.8 Å². The van der Waals surface area contributed by atoms with E-state index in [0.717, 1.165) is 23.6 Å². The molecule has 0 aromatic heterocycles. The van der Waals surface area contributed by atoms with Crippen molar-refractivity contribution in [1.29, 1.82) is 0 Å². The van der Waals surface area contributed by atoms with E-state index in [-0.39, 0.29) is 5.91 Å². The van der Waals surface area contributed by atoms with Crippen LogP contribution in [0.1, 0.15) is 57.1 Å². The lowest BCUT2D eigenvalue weighted by Crippen LogP contribution is -2.12. The molecule has 0 saturated heterocycles. The summed E-state index contributed by atoms with van der Waals surface area (Å²) in [5.74, 6) is 0.847. The van der Waals surface area contributed by atoms with Crippen molar-refractivity contribution in [2.75, 3.05) is 5.32 Å². The predicted octanol–water partition coefficient (Wildman–Crippen LogP) is 3.65. The molecule has 0 aliphatic heterocycles. The van der Waals surface area contributed by atoms with Crippen LogP contribution in [0.2, 0.25) is 0 Å². The molecular formula is C16H23NO2. The Balaban J connectivity index is 1.77. The fraction of sp³-hybridized carbons (Fsp3) is 0.562. The number of nitrogens with one attached hydrogen (secondary N) is 1. The smallest absolute Gasteiger partial charge is 0.224 e. The summed E-state index contributed by atoms with van der Waals surface area (Å²) in [6.07, 6.45) is 6.39. The topological polar surface area (TPSA) is 49.3 Å². The number of amides is 1. The number of benzene rings is 1. The Labute approximate surface area is 115 Å². The molecule has 3 nitrogen and oxygen atoms in total. The van der Waals surface area contributed by atoms with Gasteiger partial charge in [-0.25, -0.2) is 0 Å². The first kappa shape index (κ1) is 14.1. The first-order valence-electron chi connectivity index (χ1n) is 7.23. The molecule has 1 fully saturated rings. The number of aliphatic hydroxyl groups excluding tert-OH is 1. The molecule has 104 valence electrons. The summed E-state index contributed by atoms with van der Waals surface area (Å²) in [5.41, 5.74) is 1.67. The Morgan fingerprint density at radius 3 is 2.53 bits per heavy atom. The fourth-order valence-electron chi connectivity index (χ4n) is 2.70. The quantitative estimate of drug-likeness (QED) is 0.850. The molecule has 1 aromatic carbocycles. The first-order chi connectivity index (χ1) is 9.15. The van der Waals surface area contributed by atoms with Gasteiger partial charge < -0.3 is 10.4 Å². The van der Waals surface area contributed by atoms with E-state index in [9.17, 15) is 9.90 Å². The normalized spacial score (nSPS) is 17.4. The van der Waals surface area contributed by atoms with E-state index in [4.69, 9.17) is 0 Å². The summed E-state index contributed by atoms with van der Waals surface area (Å²) in [6, 6.07) is 7.37. The molecule has 1 aliphatic rings. The molecule has 2 N–H and O–H groups in total. The van der Waals surface area contributed by atoms with Crippen molar-refractivity contribution in [3.63, 3.8) is 0 Å². The van der Waals surface area contributed by atoms with Crippen molar-refractivity contribution in [1.82, 2.24) is 0 Å². The van der Waals surface area contributed by atoms with Crippen LogP contribution in [0.5, 0.6) is 0 Å². The third-order valence-corrected chi connectivity index (χ3v) is 3.93. The van der Waals surface area contributed by atoms with E-state index in [1.807, 2.05) is 24.3 Å². The van der Waals surface area contributed by atoms with Gasteiger partial charge in [0.05, 0.1) is 6.10 Å². The Hall–Kier alpha value is -1.35. The molecule has 2 rings (SSSR count). The fourth-order valence-corrected chi connectivity index (χ4v) is 2.70. The Morgan fingerprint density at radius 1 is 1.32 bits per heavy atom. The molecule has 0 heterocycles. The maximum absolute atomic E-state index is 11.8. The highest BCUT2D eigenvalue weighted by Crippen LogP contribution is 2.28. The van der Waals surface area contributed by atoms with Gasteiger partial charge in [0.1, 0.15) is 0 Å². The molecule has 0 spiro atoms. The standard InChI is InChI=1S/C16H23NO2/c1-12(18)14-7-9-15(10-8-14)17-16(19)11-6-13-4-2-3-5-13/h7-10,12-13,18H,2-6,11H2,1H3,(H,17,19). The van der Waals surface area contributed by atoms with Crippen LogP contribution in [0.4, 0.5) is 5.69 Å². The minimum absolute atomic E-state index is 0.0942. The van der Waals surface area contributed by atoms with Crippen molar-refractivity contribution < 1.29 is 9.90 Å². The highest BCUT2D eigenvalue weighted by Gasteiger charge is 2.16. The van der Waals surface area contributed by atoms with Crippen LogP contribution in [0.15, 0.2) is 24.3 Å². The minimum atomic E-state index is -0.466. The number of rotatable bonds is 5. The van der Waals surface area contributed by atoms with Crippen molar-refractivity contribution >= 4 is 11.6 Å². The number of hydrogen-bond acceptors (Lipinski definition) is 2. The molecule has 1 amide bonds.